The van der Waals surface area contributed by atoms with Crippen molar-refractivity contribution in [2.45, 2.75) is 4.90 Å². The third-order valence-electron chi connectivity index (χ3n) is 1.22. The van der Waals surface area contributed by atoms with Crippen LogP contribution in [0.2, 0.25) is 0 Å². The third kappa shape index (κ3) is 2.38. The number of aromatic hydroxyl groups is 1. The van der Waals surface area contributed by atoms with Crippen LogP contribution in [0.5, 0.6) is 5.75 Å². The van der Waals surface area contributed by atoms with Gasteiger partial charge in [0.1, 0.15) is 5.75 Å². The van der Waals surface area contributed by atoms with E-state index in [9.17, 15) is 5.11 Å². The van der Waals surface area contributed by atoms with Crippen LogP contribution >= 0.6 is 56.9 Å². The second-order valence-corrected chi connectivity index (χ2v) is 5.11. The fourth-order valence-electron chi connectivity index (χ4n) is 0.675. The molecule has 60 valence electrons. The summed E-state index contributed by atoms with van der Waals surface area (Å²) in [7, 11) is 0. The molecule has 0 radical (unpaired) electrons. The van der Waals surface area contributed by atoms with Gasteiger partial charge in [-0.2, -0.15) is 0 Å². The van der Waals surface area contributed by atoms with E-state index in [0.29, 0.717) is 5.75 Å². The largest absolute Gasteiger partial charge is 0.507 e. The summed E-state index contributed by atoms with van der Waals surface area (Å²) in [5.74, 6) is 0.368. The van der Waals surface area contributed by atoms with Crippen LogP contribution in [0, 0.1) is 7.14 Å². The Balaban J connectivity index is 3.21. The molecule has 0 saturated carbocycles. The van der Waals surface area contributed by atoms with E-state index in [4.69, 9.17) is 0 Å². The topological polar surface area (TPSA) is 20.2 Å². The number of rotatable bonds is 1. The monoisotopic (exact) mass is 392 g/mol. The van der Waals surface area contributed by atoms with E-state index in [1.807, 2.05) is 12.3 Å². The van der Waals surface area contributed by atoms with Gasteiger partial charge in [0.05, 0.1) is 3.57 Å². The first kappa shape index (κ1) is 9.91. The van der Waals surface area contributed by atoms with Gasteiger partial charge in [0.15, 0.2) is 0 Å². The van der Waals surface area contributed by atoms with Gasteiger partial charge in [0.25, 0.3) is 0 Å². The number of hydrogen-bond donors (Lipinski definition) is 1. The molecule has 0 aliphatic rings. The van der Waals surface area contributed by atoms with E-state index in [2.05, 4.69) is 45.2 Å². The van der Waals surface area contributed by atoms with Gasteiger partial charge < -0.3 is 5.11 Å². The standard InChI is InChI=1S/C7H6I2OS/c1-11-7-3-4(8)6(10)2-5(7)9/h2-3,10H,1H3. The number of benzene rings is 1. The maximum Gasteiger partial charge on any atom is 0.130 e. The van der Waals surface area contributed by atoms with Crippen molar-refractivity contribution >= 4 is 56.9 Å². The molecule has 0 amide bonds. The summed E-state index contributed by atoms with van der Waals surface area (Å²) in [6.07, 6.45) is 2.03. The Kier molecular flexibility index (Phi) is 3.76. The lowest BCUT2D eigenvalue weighted by Crippen LogP contribution is -1.81. The molecule has 11 heavy (non-hydrogen) atoms. The van der Waals surface area contributed by atoms with Crippen LogP contribution in [0.1, 0.15) is 0 Å². The lowest BCUT2D eigenvalue weighted by molar-refractivity contribution is 0.470. The molecule has 0 aliphatic carbocycles. The molecule has 1 aromatic rings. The van der Waals surface area contributed by atoms with Crippen molar-refractivity contribution in [3.63, 3.8) is 0 Å². The normalized spacial score (nSPS) is 10.1. The summed E-state index contributed by atoms with van der Waals surface area (Å²) in [6.45, 7) is 0. The molecular weight excluding hydrogens is 386 g/mol. The van der Waals surface area contributed by atoms with Gasteiger partial charge in [-0.3, -0.25) is 0 Å². The molecule has 1 rings (SSSR count). The smallest absolute Gasteiger partial charge is 0.130 e. The Morgan fingerprint density at radius 1 is 1.27 bits per heavy atom. The van der Waals surface area contributed by atoms with Gasteiger partial charge in [-0.1, -0.05) is 0 Å². The summed E-state index contributed by atoms with van der Waals surface area (Å²) < 4.78 is 2.01. The Labute approximate surface area is 97.2 Å². The van der Waals surface area contributed by atoms with Crippen LogP contribution in [-0.2, 0) is 0 Å². The lowest BCUT2D eigenvalue weighted by Gasteiger charge is -2.02. The molecule has 0 spiro atoms. The van der Waals surface area contributed by atoms with Crippen molar-refractivity contribution in [1.29, 1.82) is 0 Å². The fraction of sp³-hybridized carbons (Fsp3) is 0.143. The predicted octanol–water partition coefficient (Wildman–Crippen LogP) is 3.32. The minimum Gasteiger partial charge on any atom is -0.507 e. The van der Waals surface area contributed by atoms with Gasteiger partial charge in [-0.15, -0.1) is 11.8 Å². The molecule has 0 aliphatic heterocycles. The summed E-state index contributed by atoms with van der Waals surface area (Å²) in [6, 6.07) is 3.77. The minimum absolute atomic E-state index is 0.368. The van der Waals surface area contributed by atoms with E-state index < -0.39 is 0 Å². The molecule has 0 aromatic heterocycles. The first-order valence-electron chi connectivity index (χ1n) is 2.87. The molecule has 0 bridgehead atoms. The zero-order chi connectivity index (χ0) is 8.43. The first-order valence-corrected chi connectivity index (χ1v) is 6.25. The Morgan fingerprint density at radius 2 is 1.91 bits per heavy atom. The van der Waals surface area contributed by atoms with Crippen molar-refractivity contribution in [3.8, 4) is 5.75 Å². The quantitative estimate of drug-likeness (QED) is 0.585. The number of halogens is 2. The maximum atomic E-state index is 9.30. The molecule has 4 heteroatoms. The predicted molar refractivity (Wildman–Crippen MR) is 65.3 cm³/mol. The van der Waals surface area contributed by atoms with E-state index in [1.165, 1.54) is 4.90 Å². The molecule has 1 nitrogen and oxygen atoms in total. The van der Waals surface area contributed by atoms with Crippen LogP contribution in [0.25, 0.3) is 0 Å². The summed E-state index contributed by atoms with van der Waals surface area (Å²) in [5, 5.41) is 9.30. The highest BCUT2D eigenvalue weighted by atomic mass is 127. The van der Waals surface area contributed by atoms with Gasteiger partial charge in [-0.05, 0) is 63.6 Å². The molecule has 1 aromatic carbocycles. The first-order chi connectivity index (χ1) is 5.15. The minimum atomic E-state index is 0.368. The van der Waals surface area contributed by atoms with E-state index in [-0.39, 0.29) is 0 Å². The van der Waals surface area contributed by atoms with E-state index in [0.717, 1.165) is 7.14 Å². The van der Waals surface area contributed by atoms with Gasteiger partial charge in [0, 0.05) is 8.47 Å². The molecule has 0 saturated heterocycles. The summed E-state index contributed by atoms with van der Waals surface area (Å²) in [5.41, 5.74) is 0. The third-order valence-corrected chi connectivity index (χ3v) is 4.12. The molecule has 0 fully saturated rings. The SMILES string of the molecule is CSc1cc(I)c(O)cc1I. The van der Waals surface area contributed by atoms with Crippen LogP contribution in [0.4, 0.5) is 0 Å². The fourth-order valence-corrected chi connectivity index (χ4v) is 2.95. The molecular formula is C7H6I2OS. The van der Waals surface area contributed by atoms with Gasteiger partial charge in [-0.25, -0.2) is 0 Å². The highest BCUT2D eigenvalue weighted by molar-refractivity contribution is 14.1. The average molecular weight is 392 g/mol. The zero-order valence-corrected chi connectivity index (χ0v) is 10.9. The van der Waals surface area contributed by atoms with Crippen LogP contribution in [0.15, 0.2) is 17.0 Å². The second kappa shape index (κ2) is 4.18. The van der Waals surface area contributed by atoms with E-state index in [1.54, 1.807) is 17.8 Å². The van der Waals surface area contributed by atoms with Crippen LogP contribution in [0.3, 0.4) is 0 Å². The Bertz CT molecular complexity index is 275. The number of hydrogen-bond acceptors (Lipinski definition) is 2. The number of phenols is 1. The highest BCUT2D eigenvalue weighted by Gasteiger charge is 2.03. The number of thioether (sulfide) groups is 1. The maximum absolute atomic E-state index is 9.30. The lowest BCUT2D eigenvalue weighted by atomic mass is 10.3. The van der Waals surface area contributed by atoms with Crippen molar-refractivity contribution in [3.05, 3.63) is 19.3 Å². The zero-order valence-electron chi connectivity index (χ0n) is 5.77. The van der Waals surface area contributed by atoms with Crippen molar-refractivity contribution in [1.82, 2.24) is 0 Å². The number of phenolic OH excluding ortho intramolecular Hbond substituents is 1. The average Bonchev–Trinajstić information content (AvgIpc) is 1.97. The van der Waals surface area contributed by atoms with Gasteiger partial charge >= 0.3 is 0 Å². The Hall–Kier alpha value is 0.830. The second-order valence-electron chi connectivity index (χ2n) is 1.94. The van der Waals surface area contributed by atoms with Crippen molar-refractivity contribution < 1.29 is 5.11 Å². The van der Waals surface area contributed by atoms with Crippen LogP contribution < -0.4 is 0 Å². The Morgan fingerprint density at radius 3 is 2.45 bits per heavy atom. The van der Waals surface area contributed by atoms with Crippen molar-refractivity contribution in [2.24, 2.45) is 0 Å². The van der Waals surface area contributed by atoms with Gasteiger partial charge in [0.2, 0.25) is 0 Å². The highest BCUT2D eigenvalue weighted by Crippen LogP contribution is 2.30. The molecule has 1 N–H and O–H groups in total. The molecule has 0 heterocycles. The molecule has 0 atom stereocenters. The van der Waals surface area contributed by atoms with Crippen molar-refractivity contribution in [2.75, 3.05) is 6.26 Å². The summed E-state index contributed by atoms with van der Waals surface area (Å²) in [4.78, 5) is 1.22. The van der Waals surface area contributed by atoms with E-state index >= 15 is 0 Å². The van der Waals surface area contributed by atoms with Crippen LogP contribution in [-0.4, -0.2) is 11.4 Å². The molecule has 0 unspecified atom stereocenters. The summed E-state index contributed by atoms with van der Waals surface area (Å²) >= 11 is 6.04.